The minimum Gasteiger partial charge on any atom is -0.383 e. The smallest absolute Gasteiger partial charge is 0.256 e. The number of hydrogen-bond donors (Lipinski definition) is 2. The summed E-state index contributed by atoms with van der Waals surface area (Å²) < 4.78 is 0. The Labute approximate surface area is 225 Å². The minimum atomic E-state index is -0.0651. The van der Waals surface area contributed by atoms with Gasteiger partial charge in [-0.25, -0.2) is 0 Å². The summed E-state index contributed by atoms with van der Waals surface area (Å²) >= 11 is 0. The number of rotatable bonds is 6. The maximum absolute atomic E-state index is 13.5. The lowest BCUT2D eigenvalue weighted by atomic mass is 10.0. The van der Waals surface area contributed by atoms with E-state index in [1.807, 2.05) is 35.2 Å². The molecule has 3 aromatic rings. The number of fused-ring (bicyclic) bond motifs is 2. The van der Waals surface area contributed by atoms with Gasteiger partial charge in [-0.15, -0.1) is 0 Å². The summed E-state index contributed by atoms with van der Waals surface area (Å²) in [6.07, 6.45) is 4.96. The molecular formula is C32H36N4O2. The first-order valence-electron chi connectivity index (χ1n) is 14.0. The lowest BCUT2D eigenvalue weighted by Crippen LogP contribution is -2.49. The second-order valence-electron chi connectivity index (χ2n) is 10.8. The van der Waals surface area contributed by atoms with E-state index in [4.69, 9.17) is 0 Å². The summed E-state index contributed by atoms with van der Waals surface area (Å²) in [7, 11) is 0. The number of carbonyl (C=O) groups excluding carboxylic acids is 2. The number of benzene rings is 3. The van der Waals surface area contributed by atoms with Crippen molar-refractivity contribution in [2.24, 2.45) is 0 Å². The highest BCUT2D eigenvalue weighted by atomic mass is 16.2. The molecule has 0 saturated carbocycles. The molecule has 3 aliphatic rings. The lowest BCUT2D eigenvalue weighted by molar-refractivity contribution is -0.133. The van der Waals surface area contributed by atoms with E-state index in [0.29, 0.717) is 30.7 Å². The van der Waals surface area contributed by atoms with Crippen LogP contribution in [0.15, 0.2) is 72.8 Å². The van der Waals surface area contributed by atoms with Crippen LogP contribution >= 0.6 is 0 Å². The van der Waals surface area contributed by atoms with Crippen molar-refractivity contribution in [3.8, 4) is 0 Å². The SMILES string of the molecule is O=C(CN1CCNc2ccc(Cc3ccccc3)cc2C1=O)N1CCC(N[C@@H]2CCc3ccccc32)CC1. The number of likely N-dealkylation sites (tertiary alicyclic amines) is 1. The van der Waals surface area contributed by atoms with Gasteiger partial charge < -0.3 is 20.4 Å². The topological polar surface area (TPSA) is 64.7 Å². The molecule has 0 unspecified atom stereocenters. The number of carbonyl (C=O) groups is 2. The van der Waals surface area contributed by atoms with Crippen LogP contribution in [-0.4, -0.2) is 60.4 Å². The standard InChI is InChI=1S/C32H36N4O2/c37-31(35-17-14-26(15-18-35)34-30-13-11-25-8-4-5-9-27(25)30)22-36-19-16-33-29-12-10-24(21-28(29)32(36)38)20-23-6-2-1-3-7-23/h1-10,12,21,26,30,33-34H,11,13-20,22H2/t30-/m1/s1. The zero-order valence-electron chi connectivity index (χ0n) is 21.9. The highest BCUT2D eigenvalue weighted by Crippen LogP contribution is 2.32. The highest BCUT2D eigenvalue weighted by molar-refractivity contribution is 6.02. The molecule has 2 amide bonds. The first kappa shape index (κ1) is 24.7. The van der Waals surface area contributed by atoms with Crippen molar-refractivity contribution in [2.75, 3.05) is 38.0 Å². The van der Waals surface area contributed by atoms with Crippen LogP contribution in [0, 0.1) is 0 Å². The average Bonchev–Trinajstić information content (AvgIpc) is 3.29. The lowest BCUT2D eigenvalue weighted by Gasteiger charge is -2.35. The van der Waals surface area contributed by atoms with Gasteiger partial charge in [-0.1, -0.05) is 60.7 Å². The summed E-state index contributed by atoms with van der Waals surface area (Å²) in [6.45, 7) is 2.77. The Balaban J connectivity index is 1.05. The van der Waals surface area contributed by atoms with E-state index in [0.717, 1.165) is 56.4 Å². The molecule has 6 heteroatoms. The van der Waals surface area contributed by atoms with Gasteiger partial charge >= 0.3 is 0 Å². The molecular weight excluding hydrogens is 472 g/mol. The number of piperidine rings is 1. The van der Waals surface area contributed by atoms with Crippen LogP contribution in [0.4, 0.5) is 5.69 Å². The maximum atomic E-state index is 13.5. The molecule has 2 aliphatic heterocycles. The van der Waals surface area contributed by atoms with Gasteiger partial charge in [0.05, 0.1) is 5.56 Å². The fraction of sp³-hybridized carbons (Fsp3) is 0.375. The Bertz CT molecular complexity index is 1300. The van der Waals surface area contributed by atoms with E-state index in [2.05, 4.69) is 53.1 Å². The molecule has 0 bridgehead atoms. The fourth-order valence-electron chi connectivity index (χ4n) is 6.19. The summed E-state index contributed by atoms with van der Waals surface area (Å²) in [6, 6.07) is 25.9. The van der Waals surface area contributed by atoms with E-state index >= 15 is 0 Å². The molecule has 0 aromatic heterocycles. The molecule has 1 atom stereocenters. The predicted molar refractivity (Wildman–Crippen MR) is 150 cm³/mol. The van der Waals surface area contributed by atoms with Crippen molar-refractivity contribution in [1.82, 2.24) is 15.1 Å². The zero-order chi connectivity index (χ0) is 25.9. The van der Waals surface area contributed by atoms with Crippen LogP contribution < -0.4 is 10.6 Å². The van der Waals surface area contributed by atoms with Crippen LogP contribution in [0.3, 0.4) is 0 Å². The number of nitrogens with zero attached hydrogens (tertiary/aromatic N) is 2. The number of hydrogen-bond acceptors (Lipinski definition) is 4. The average molecular weight is 509 g/mol. The normalized spacial score (nSPS) is 19.5. The third kappa shape index (κ3) is 5.32. The summed E-state index contributed by atoms with van der Waals surface area (Å²) in [5.74, 6) is -0.0170. The Hall–Kier alpha value is -3.64. The van der Waals surface area contributed by atoms with Gasteiger partial charge in [0.2, 0.25) is 5.91 Å². The molecule has 1 saturated heterocycles. The van der Waals surface area contributed by atoms with Crippen molar-refractivity contribution < 1.29 is 9.59 Å². The molecule has 0 radical (unpaired) electrons. The monoisotopic (exact) mass is 508 g/mol. The van der Waals surface area contributed by atoms with Crippen LogP contribution in [0.2, 0.25) is 0 Å². The minimum absolute atomic E-state index is 0.0481. The number of aryl methyl sites for hydroxylation is 1. The molecule has 38 heavy (non-hydrogen) atoms. The first-order valence-corrected chi connectivity index (χ1v) is 14.0. The van der Waals surface area contributed by atoms with Gasteiger partial charge in [-0.3, -0.25) is 9.59 Å². The van der Waals surface area contributed by atoms with Crippen molar-refractivity contribution in [3.05, 3.63) is 101 Å². The number of nitrogens with one attached hydrogen (secondary N) is 2. The van der Waals surface area contributed by atoms with Crippen LogP contribution in [0.1, 0.15) is 57.9 Å². The summed E-state index contributed by atoms with van der Waals surface area (Å²) in [5.41, 5.74) is 6.71. The Morgan fingerprint density at radius 3 is 2.53 bits per heavy atom. The van der Waals surface area contributed by atoms with E-state index in [1.54, 1.807) is 4.90 Å². The van der Waals surface area contributed by atoms with Gasteiger partial charge in [0.15, 0.2) is 0 Å². The Morgan fingerprint density at radius 1 is 0.895 bits per heavy atom. The predicted octanol–water partition coefficient (Wildman–Crippen LogP) is 4.41. The quantitative estimate of drug-likeness (QED) is 0.518. The second kappa shape index (κ2) is 11.0. The fourth-order valence-corrected chi connectivity index (χ4v) is 6.19. The molecule has 2 heterocycles. The van der Waals surface area contributed by atoms with Crippen LogP contribution in [0.25, 0.3) is 0 Å². The van der Waals surface area contributed by atoms with Crippen molar-refractivity contribution in [3.63, 3.8) is 0 Å². The van der Waals surface area contributed by atoms with Crippen molar-refractivity contribution in [2.45, 2.75) is 44.2 Å². The molecule has 1 aliphatic carbocycles. The number of amides is 2. The summed E-state index contributed by atoms with van der Waals surface area (Å²) in [4.78, 5) is 30.4. The van der Waals surface area contributed by atoms with Crippen LogP contribution in [0.5, 0.6) is 0 Å². The first-order chi connectivity index (χ1) is 18.6. The van der Waals surface area contributed by atoms with Gasteiger partial charge in [0, 0.05) is 44.0 Å². The van der Waals surface area contributed by atoms with Gasteiger partial charge in [-0.2, -0.15) is 0 Å². The van der Waals surface area contributed by atoms with E-state index in [-0.39, 0.29) is 18.4 Å². The van der Waals surface area contributed by atoms with E-state index in [9.17, 15) is 9.59 Å². The second-order valence-corrected chi connectivity index (χ2v) is 10.8. The molecule has 6 rings (SSSR count). The molecule has 1 fully saturated rings. The Morgan fingerprint density at radius 2 is 1.68 bits per heavy atom. The largest absolute Gasteiger partial charge is 0.383 e. The molecule has 196 valence electrons. The summed E-state index contributed by atoms with van der Waals surface area (Å²) in [5, 5.41) is 7.23. The molecule has 6 nitrogen and oxygen atoms in total. The number of anilines is 1. The third-order valence-corrected chi connectivity index (χ3v) is 8.29. The third-order valence-electron chi connectivity index (χ3n) is 8.29. The molecule has 2 N–H and O–H groups in total. The van der Waals surface area contributed by atoms with Gasteiger partial charge in [-0.05, 0) is 66.5 Å². The Kier molecular flexibility index (Phi) is 7.14. The van der Waals surface area contributed by atoms with Gasteiger partial charge in [0.1, 0.15) is 6.54 Å². The molecule has 0 spiro atoms. The highest BCUT2D eigenvalue weighted by Gasteiger charge is 2.30. The van der Waals surface area contributed by atoms with Crippen LogP contribution in [-0.2, 0) is 17.6 Å². The zero-order valence-corrected chi connectivity index (χ0v) is 21.9. The maximum Gasteiger partial charge on any atom is 0.256 e. The van der Waals surface area contributed by atoms with Crippen molar-refractivity contribution >= 4 is 17.5 Å². The van der Waals surface area contributed by atoms with E-state index < -0.39 is 0 Å². The van der Waals surface area contributed by atoms with Gasteiger partial charge in [0.25, 0.3) is 5.91 Å². The van der Waals surface area contributed by atoms with E-state index in [1.165, 1.54) is 16.7 Å². The van der Waals surface area contributed by atoms with Crippen molar-refractivity contribution in [1.29, 1.82) is 0 Å². The molecule has 3 aromatic carbocycles.